The van der Waals surface area contributed by atoms with Gasteiger partial charge < -0.3 is 15.6 Å². The Morgan fingerprint density at radius 1 is 1.29 bits per heavy atom. The summed E-state index contributed by atoms with van der Waals surface area (Å²) in [6.45, 7) is 3.80. The van der Waals surface area contributed by atoms with Crippen molar-refractivity contribution in [1.82, 2.24) is 4.98 Å². The number of aliphatic hydroxyl groups is 1. The van der Waals surface area contributed by atoms with E-state index < -0.39 is 0 Å². The lowest BCUT2D eigenvalue weighted by Crippen LogP contribution is -2.15. The van der Waals surface area contributed by atoms with Crippen LogP contribution in [-0.2, 0) is 6.42 Å². The second-order valence-electron chi connectivity index (χ2n) is 4.86. The maximum Gasteiger partial charge on any atom is 0.141 e. The van der Waals surface area contributed by atoms with E-state index in [4.69, 9.17) is 21.0 Å². The van der Waals surface area contributed by atoms with Crippen molar-refractivity contribution in [2.75, 3.05) is 6.61 Å². The lowest BCUT2D eigenvalue weighted by molar-refractivity contribution is 0.299. The van der Waals surface area contributed by atoms with E-state index in [9.17, 15) is 0 Å². The quantitative estimate of drug-likeness (QED) is 0.580. The van der Waals surface area contributed by atoms with E-state index in [-0.39, 0.29) is 12.4 Å². The van der Waals surface area contributed by atoms with Gasteiger partial charge in [-0.3, -0.25) is 10.4 Å². The maximum atomic E-state index is 8.91. The molecule has 0 spiro atoms. The average Bonchev–Trinajstić information content (AvgIpc) is 2.40. The van der Waals surface area contributed by atoms with Crippen molar-refractivity contribution in [2.24, 2.45) is 5.73 Å². The van der Waals surface area contributed by atoms with Gasteiger partial charge in [0.2, 0.25) is 0 Å². The largest absolute Gasteiger partial charge is 0.456 e. The number of nitrogens with two attached hydrogens (primary N) is 1. The van der Waals surface area contributed by atoms with E-state index in [1.807, 2.05) is 31.2 Å². The molecule has 1 aromatic heterocycles. The number of nitrogens with zero attached hydrogens (tertiary/aromatic N) is 1. The van der Waals surface area contributed by atoms with Gasteiger partial charge in [0.05, 0.1) is 11.3 Å². The number of aryl methyl sites for hydroxylation is 2. The third kappa shape index (κ3) is 3.58. The summed E-state index contributed by atoms with van der Waals surface area (Å²) in [7, 11) is 0. The Morgan fingerprint density at radius 2 is 1.95 bits per heavy atom. The Balaban J connectivity index is 2.32. The molecule has 0 unspecified atom stereocenters. The van der Waals surface area contributed by atoms with E-state index >= 15 is 0 Å². The van der Waals surface area contributed by atoms with Gasteiger partial charge in [0.25, 0.3) is 0 Å². The molecule has 0 amide bonds. The highest BCUT2D eigenvalue weighted by Gasteiger charge is 2.13. The minimum absolute atomic E-state index is 0.0631. The number of aliphatic hydroxyl groups excluding tert-OH is 1. The van der Waals surface area contributed by atoms with Gasteiger partial charge in [-0.2, -0.15) is 0 Å². The fourth-order valence-corrected chi connectivity index (χ4v) is 2.18. The van der Waals surface area contributed by atoms with Gasteiger partial charge in [-0.1, -0.05) is 12.1 Å². The molecule has 0 bridgehead atoms. The summed E-state index contributed by atoms with van der Waals surface area (Å²) < 4.78 is 5.84. The van der Waals surface area contributed by atoms with Crippen LogP contribution in [0, 0.1) is 19.3 Å². The van der Waals surface area contributed by atoms with E-state index in [1.54, 1.807) is 13.0 Å². The molecule has 0 aliphatic rings. The Morgan fingerprint density at radius 3 is 2.52 bits per heavy atom. The van der Waals surface area contributed by atoms with Crippen LogP contribution in [0.15, 0.2) is 30.3 Å². The number of nitrogens with one attached hydrogen (secondary N) is 1. The lowest BCUT2D eigenvalue weighted by atomic mass is 10.1. The summed E-state index contributed by atoms with van der Waals surface area (Å²) in [4.78, 5) is 4.31. The van der Waals surface area contributed by atoms with Crippen LogP contribution in [-0.4, -0.2) is 22.5 Å². The molecule has 5 heteroatoms. The standard InChI is InChI=1S/C16H19N3O2/c1-10-9-14(15(16(17)18)11(2)19-10)21-13-5-3-12(4-6-13)7-8-20/h3-6,9,20H,7-8H2,1-2H3,(H3,17,18). The molecule has 0 saturated heterocycles. The van der Waals surface area contributed by atoms with E-state index in [0.717, 1.165) is 11.3 Å². The van der Waals surface area contributed by atoms with Crippen LogP contribution >= 0.6 is 0 Å². The summed E-state index contributed by atoms with van der Waals surface area (Å²) in [5.41, 5.74) is 8.66. The zero-order valence-electron chi connectivity index (χ0n) is 12.2. The number of aromatic nitrogens is 1. The molecule has 5 nitrogen and oxygen atoms in total. The van der Waals surface area contributed by atoms with Crippen LogP contribution < -0.4 is 10.5 Å². The second kappa shape index (κ2) is 6.37. The summed E-state index contributed by atoms with van der Waals surface area (Å²) in [6, 6.07) is 9.24. The molecule has 0 saturated carbocycles. The monoisotopic (exact) mass is 285 g/mol. The van der Waals surface area contributed by atoms with E-state index in [2.05, 4.69) is 4.98 Å². The van der Waals surface area contributed by atoms with Crippen molar-refractivity contribution in [2.45, 2.75) is 20.3 Å². The fraction of sp³-hybridized carbons (Fsp3) is 0.250. The smallest absolute Gasteiger partial charge is 0.141 e. The summed E-state index contributed by atoms with van der Waals surface area (Å²) in [6.07, 6.45) is 0.618. The normalized spacial score (nSPS) is 10.4. The predicted octanol–water partition coefficient (Wildman–Crippen LogP) is 2.31. The minimum atomic E-state index is -0.0631. The SMILES string of the molecule is Cc1cc(Oc2ccc(CCO)cc2)c(C(=N)N)c(C)n1. The van der Waals surface area contributed by atoms with Crippen LogP contribution in [0.2, 0.25) is 0 Å². The topological polar surface area (TPSA) is 92.2 Å². The highest BCUT2D eigenvalue weighted by molar-refractivity contribution is 5.98. The number of ether oxygens (including phenoxy) is 1. The third-order valence-electron chi connectivity index (χ3n) is 3.11. The van der Waals surface area contributed by atoms with Crippen molar-refractivity contribution in [3.05, 3.63) is 52.8 Å². The first-order chi connectivity index (χ1) is 10.0. The maximum absolute atomic E-state index is 8.91. The van der Waals surface area contributed by atoms with Crippen LogP contribution in [0.1, 0.15) is 22.5 Å². The Kier molecular flexibility index (Phi) is 4.55. The molecule has 0 radical (unpaired) electrons. The minimum Gasteiger partial charge on any atom is -0.456 e. The summed E-state index contributed by atoms with van der Waals surface area (Å²) in [5.74, 6) is 1.12. The Labute approximate surface area is 123 Å². The van der Waals surface area contributed by atoms with Crippen molar-refractivity contribution < 1.29 is 9.84 Å². The summed E-state index contributed by atoms with van der Waals surface area (Å²) >= 11 is 0. The molecule has 0 atom stereocenters. The molecule has 0 aliphatic heterocycles. The van der Waals surface area contributed by atoms with Gasteiger partial charge in [-0.25, -0.2) is 0 Å². The van der Waals surface area contributed by atoms with Gasteiger partial charge in [-0.15, -0.1) is 0 Å². The van der Waals surface area contributed by atoms with Gasteiger partial charge in [0.15, 0.2) is 0 Å². The summed E-state index contributed by atoms with van der Waals surface area (Å²) in [5, 5.41) is 16.6. The zero-order valence-corrected chi connectivity index (χ0v) is 12.2. The number of hydrogen-bond acceptors (Lipinski definition) is 4. The lowest BCUT2D eigenvalue weighted by Gasteiger charge is -2.13. The first-order valence-electron chi connectivity index (χ1n) is 6.71. The Hall–Kier alpha value is -2.40. The molecule has 4 N–H and O–H groups in total. The number of amidine groups is 1. The predicted molar refractivity (Wildman–Crippen MR) is 82.0 cm³/mol. The number of nitrogen functional groups attached to an aromatic ring is 1. The fourth-order valence-electron chi connectivity index (χ4n) is 2.18. The highest BCUT2D eigenvalue weighted by atomic mass is 16.5. The first-order valence-corrected chi connectivity index (χ1v) is 6.71. The third-order valence-corrected chi connectivity index (χ3v) is 3.11. The molecule has 1 aromatic carbocycles. The number of pyridine rings is 1. The van der Waals surface area contributed by atoms with Crippen LogP contribution in [0.3, 0.4) is 0 Å². The van der Waals surface area contributed by atoms with Gasteiger partial charge in [0, 0.05) is 18.4 Å². The highest BCUT2D eigenvalue weighted by Crippen LogP contribution is 2.27. The van der Waals surface area contributed by atoms with Crippen molar-refractivity contribution in [3.8, 4) is 11.5 Å². The average molecular weight is 285 g/mol. The molecule has 2 aromatic rings. The molecule has 1 heterocycles. The second-order valence-corrected chi connectivity index (χ2v) is 4.86. The molecule has 0 fully saturated rings. The van der Waals surface area contributed by atoms with Crippen molar-refractivity contribution in [1.29, 1.82) is 5.41 Å². The number of benzene rings is 1. The van der Waals surface area contributed by atoms with Crippen LogP contribution in [0.5, 0.6) is 11.5 Å². The molecule has 110 valence electrons. The van der Waals surface area contributed by atoms with Crippen LogP contribution in [0.4, 0.5) is 0 Å². The van der Waals surface area contributed by atoms with Gasteiger partial charge in [-0.05, 0) is 38.0 Å². The van der Waals surface area contributed by atoms with Crippen LogP contribution in [0.25, 0.3) is 0 Å². The van der Waals surface area contributed by atoms with E-state index in [0.29, 0.717) is 29.2 Å². The number of hydrogen-bond donors (Lipinski definition) is 3. The van der Waals surface area contributed by atoms with Gasteiger partial charge >= 0.3 is 0 Å². The molecular formula is C16H19N3O2. The molecular weight excluding hydrogens is 266 g/mol. The zero-order chi connectivity index (χ0) is 15.4. The first kappa shape index (κ1) is 15.0. The number of rotatable bonds is 5. The van der Waals surface area contributed by atoms with Crippen molar-refractivity contribution >= 4 is 5.84 Å². The Bertz CT molecular complexity index is 651. The molecule has 2 rings (SSSR count). The van der Waals surface area contributed by atoms with Crippen molar-refractivity contribution in [3.63, 3.8) is 0 Å². The van der Waals surface area contributed by atoms with Gasteiger partial charge in [0.1, 0.15) is 17.3 Å². The molecule has 21 heavy (non-hydrogen) atoms. The molecule has 0 aliphatic carbocycles. The van der Waals surface area contributed by atoms with E-state index in [1.165, 1.54) is 0 Å².